The first-order valence-electron chi connectivity index (χ1n) is 5.70. The Labute approximate surface area is 105 Å². The van der Waals surface area contributed by atoms with Gasteiger partial charge < -0.3 is 15.0 Å². The molecule has 3 aromatic rings. The molecule has 0 saturated carbocycles. The van der Waals surface area contributed by atoms with Gasteiger partial charge in [-0.05, 0) is 30.3 Å². The highest BCUT2D eigenvalue weighted by molar-refractivity contribution is 5.78. The predicted octanol–water partition coefficient (Wildman–Crippen LogP) is 3.32. The fraction of sp³-hybridized carbons (Fsp3) is 0.0714. The number of hydrogen-bond acceptors (Lipinski definition) is 3. The number of hydrogen-bond donors (Lipinski definition) is 2. The van der Waals surface area contributed by atoms with Crippen molar-refractivity contribution >= 4 is 22.5 Å². The van der Waals surface area contributed by atoms with Gasteiger partial charge in [0.2, 0.25) is 0 Å². The van der Waals surface area contributed by atoms with E-state index >= 15 is 0 Å². The van der Waals surface area contributed by atoms with Gasteiger partial charge in [0.15, 0.2) is 0 Å². The van der Waals surface area contributed by atoms with Crippen LogP contribution in [0.15, 0.2) is 48.7 Å². The van der Waals surface area contributed by atoms with Crippen molar-refractivity contribution in [2.24, 2.45) is 0 Å². The molecule has 0 bridgehead atoms. The number of nitrogens with one attached hydrogen (secondary N) is 2. The van der Waals surface area contributed by atoms with Crippen molar-refractivity contribution in [2.45, 2.75) is 0 Å². The standard InChI is InChI=1S/C14H13N3O/c1-18-12-4-2-3-11(9-12)16-13-6-5-10-7-8-15-14(10)17-13/h2-9H,1H3,(H2,15,16,17). The molecule has 2 aromatic heterocycles. The number of aromatic amines is 1. The Balaban J connectivity index is 1.90. The second-order valence-corrected chi connectivity index (χ2v) is 3.97. The van der Waals surface area contributed by atoms with Crippen molar-refractivity contribution in [3.63, 3.8) is 0 Å². The zero-order chi connectivity index (χ0) is 12.4. The summed E-state index contributed by atoms with van der Waals surface area (Å²) in [4.78, 5) is 7.57. The summed E-state index contributed by atoms with van der Waals surface area (Å²) < 4.78 is 5.18. The Hall–Kier alpha value is -2.49. The summed E-state index contributed by atoms with van der Waals surface area (Å²) in [6, 6.07) is 13.7. The fourth-order valence-electron chi connectivity index (χ4n) is 1.85. The molecule has 4 nitrogen and oxygen atoms in total. The number of anilines is 2. The largest absolute Gasteiger partial charge is 0.497 e. The van der Waals surface area contributed by atoms with Gasteiger partial charge in [-0.25, -0.2) is 4.98 Å². The van der Waals surface area contributed by atoms with Crippen molar-refractivity contribution in [3.05, 3.63) is 48.7 Å². The summed E-state index contributed by atoms with van der Waals surface area (Å²) in [5.74, 6) is 1.62. The molecule has 4 heteroatoms. The van der Waals surface area contributed by atoms with Crippen LogP contribution in [0.25, 0.3) is 11.0 Å². The lowest BCUT2D eigenvalue weighted by atomic mass is 10.3. The van der Waals surface area contributed by atoms with Crippen molar-refractivity contribution < 1.29 is 4.74 Å². The van der Waals surface area contributed by atoms with E-state index < -0.39 is 0 Å². The van der Waals surface area contributed by atoms with E-state index in [9.17, 15) is 0 Å². The van der Waals surface area contributed by atoms with Gasteiger partial charge in [-0.1, -0.05) is 6.07 Å². The smallest absolute Gasteiger partial charge is 0.139 e. The summed E-state index contributed by atoms with van der Waals surface area (Å²) in [7, 11) is 1.66. The summed E-state index contributed by atoms with van der Waals surface area (Å²) in [6.45, 7) is 0. The first kappa shape index (κ1) is 10.7. The molecule has 3 rings (SSSR count). The van der Waals surface area contributed by atoms with E-state index in [4.69, 9.17) is 4.74 Å². The van der Waals surface area contributed by atoms with Crippen LogP contribution in [0.4, 0.5) is 11.5 Å². The Morgan fingerprint density at radius 1 is 1.17 bits per heavy atom. The number of fused-ring (bicyclic) bond motifs is 1. The predicted molar refractivity (Wildman–Crippen MR) is 72.4 cm³/mol. The van der Waals surface area contributed by atoms with Crippen molar-refractivity contribution in [3.8, 4) is 5.75 Å². The van der Waals surface area contributed by atoms with E-state index in [1.54, 1.807) is 7.11 Å². The van der Waals surface area contributed by atoms with Gasteiger partial charge in [0.05, 0.1) is 7.11 Å². The van der Waals surface area contributed by atoms with E-state index in [1.165, 1.54) is 0 Å². The van der Waals surface area contributed by atoms with Crippen LogP contribution in [0.3, 0.4) is 0 Å². The van der Waals surface area contributed by atoms with E-state index in [-0.39, 0.29) is 0 Å². The average molecular weight is 239 g/mol. The Morgan fingerprint density at radius 2 is 2.11 bits per heavy atom. The Morgan fingerprint density at radius 3 is 3.00 bits per heavy atom. The van der Waals surface area contributed by atoms with Gasteiger partial charge in [0, 0.05) is 23.3 Å². The van der Waals surface area contributed by atoms with Crippen LogP contribution in [-0.2, 0) is 0 Å². The van der Waals surface area contributed by atoms with E-state index in [2.05, 4.69) is 15.3 Å². The van der Waals surface area contributed by atoms with Crippen molar-refractivity contribution in [1.29, 1.82) is 0 Å². The lowest BCUT2D eigenvalue weighted by Crippen LogP contribution is -1.94. The van der Waals surface area contributed by atoms with Crippen LogP contribution < -0.4 is 10.1 Å². The molecule has 0 radical (unpaired) electrons. The van der Waals surface area contributed by atoms with E-state index in [1.807, 2.05) is 48.7 Å². The molecular formula is C14H13N3O. The lowest BCUT2D eigenvalue weighted by molar-refractivity contribution is 0.415. The van der Waals surface area contributed by atoms with Crippen LogP contribution in [0.5, 0.6) is 5.75 Å². The molecule has 0 aliphatic rings. The van der Waals surface area contributed by atoms with Gasteiger partial charge in [0.25, 0.3) is 0 Å². The fourth-order valence-corrected chi connectivity index (χ4v) is 1.85. The quantitative estimate of drug-likeness (QED) is 0.737. The van der Waals surface area contributed by atoms with Gasteiger partial charge >= 0.3 is 0 Å². The maximum absolute atomic E-state index is 5.18. The maximum atomic E-state index is 5.18. The molecule has 18 heavy (non-hydrogen) atoms. The van der Waals surface area contributed by atoms with E-state index in [0.29, 0.717) is 0 Å². The number of ether oxygens (including phenoxy) is 1. The normalized spacial score (nSPS) is 10.5. The Bertz CT molecular complexity index is 675. The summed E-state index contributed by atoms with van der Waals surface area (Å²) in [6.07, 6.45) is 1.88. The minimum Gasteiger partial charge on any atom is -0.497 e. The molecule has 0 aliphatic carbocycles. The molecule has 0 unspecified atom stereocenters. The third-order valence-corrected chi connectivity index (χ3v) is 2.75. The molecule has 90 valence electrons. The highest BCUT2D eigenvalue weighted by atomic mass is 16.5. The number of pyridine rings is 1. The average Bonchev–Trinajstić information content (AvgIpc) is 2.86. The molecule has 1 aromatic carbocycles. The molecule has 2 N–H and O–H groups in total. The molecule has 0 fully saturated rings. The van der Waals surface area contributed by atoms with Crippen LogP contribution in [0.2, 0.25) is 0 Å². The summed E-state index contributed by atoms with van der Waals surface area (Å²) in [5, 5.41) is 4.35. The van der Waals surface area contributed by atoms with E-state index in [0.717, 1.165) is 28.3 Å². The topological polar surface area (TPSA) is 49.9 Å². The number of H-pyrrole nitrogens is 1. The van der Waals surface area contributed by atoms with Gasteiger partial charge in [0.1, 0.15) is 17.2 Å². The first-order chi connectivity index (χ1) is 8.85. The van der Waals surface area contributed by atoms with Crippen molar-refractivity contribution in [2.75, 3.05) is 12.4 Å². The maximum Gasteiger partial charge on any atom is 0.139 e. The van der Waals surface area contributed by atoms with Crippen molar-refractivity contribution in [1.82, 2.24) is 9.97 Å². The summed E-state index contributed by atoms with van der Waals surface area (Å²) >= 11 is 0. The highest BCUT2D eigenvalue weighted by Crippen LogP contribution is 2.21. The van der Waals surface area contributed by atoms with Gasteiger partial charge in [-0.15, -0.1) is 0 Å². The van der Waals surface area contributed by atoms with Crippen LogP contribution in [0.1, 0.15) is 0 Å². The Kier molecular flexibility index (Phi) is 2.61. The third-order valence-electron chi connectivity index (χ3n) is 2.75. The van der Waals surface area contributed by atoms with Crippen LogP contribution in [-0.4, -0.2) is 17.1 Å². The first-order valence-corrected chi connectivity index (χ1v) is 5.70. The number of rotatable bonds is 3. The highest BCUT2D eigenvalue weighted by Gasteiger charge is 2.00. The second-order valence-electron chi connectivity index (χ2n) is 3.97. The molecule has 2 heterocycles. The monoisotopic (exact) mass is 239 g/mol. The summed E-state index contributed by atoms with van der Waals surface area (Å²) in [5.41, 5.74) is 1.83. The zero-order valence-electron chi connectivity index (χ0n) is 9.97. The number of nitrogens with zero attached hydrogens (tertiary/aromatic N) is 1. The van der Waals surface area contributed by atoms with Crippen LogP contribution in [0, 0.1) is 0 Å². The minimum absolute atomic E-state index is 0.804. The zero-order valence-corrected chi connectivity index (χ0v) is 9.97. The number of benzene rings is 1. The molecule has 0 atom stereocenters. The van der Waals surface area contributed by atoms with Gasteiger partial charge in [-0.3, -0.25) is 0 Å². The molecule has 0 amide bonds. The lowest BCUT2D eigenvalue weighted by Gasteiger charge is -2.07. The minimum atomic E-state index is 0.804. The third kappa shape index (κ3) is 2.00. The molecule has 0 saturated heterocycles. The SMILES string of the molecule is COc1cccc(Nc2ccc3cc[nH]c3n2)c1. The second kappa shape index (κ2) is 4.41. The molecule has 0 aliphatic heterocycles. The molecular weight excluding hydrogens is 226 g/mol. The van der Waals surface area contributed by atoms with Crippen LogP contribution >= 0.6 is 0 Å². The molecule has 0 spiro atoms. The number of aromatic nitrogens is 2. The van der Waals surface area contributed by atoms with Gasteiger partial charge in [-0.2, -0.15) is 0 Å². The number of methoxy groups -OCH3 is 1.